The van der Waals surface area contributed by atoms with Crippen molar-refractivity contribution in [3.05, 3.63) is 47.5 Å². The number of benzene rings is 2. The number of aryl methyl sites for hydroxylation is 1. The van der Waals surface area contributed by atoms with E-state index in [2.05, 4.69) is 35.4 Å². The molecule has 0 spiro atoms. The van der Waals surface area contributed by atoms with Gasteiger partial charge in [0.1, 0.15) is 5.75 Å². The number of amides is 1. The lowest BCUT2D eigenvalue weighted by atomic mass is 9.70. The van der Waals surface area contributed by atoms with Crippen LogP contribution in [0.25, 0.3) is 11.0 Å². The highest BCUT2D eigenvalue weighted by Crippen LogP contribution is 2.46. The van der Waals surface area contributed by atoms with Crippen molar-refractivity contribution in [2.45, 2.75) is 59.4 Å². The van der Waals surface area contributed by atoms with Crippen LogP contribution < -0.4 is 15.8 Å². The van der Waals surface area contributed by atoms with Gasteiger partial charge in [-0.2, -0.15) is 0 Å². The Hall–Kier alpha value is -3.23. The van der Waals surface area contributed by atoms with E-state index in [-0.39, 0.29) is 17.2 Å². The number of carbonyl (C=O) groups excluding carboxylic acids is 1. The molecule has 1 fully saturated rings. The summed E-state index contributed by atoms with van der Waals surface area (Å²) >= 11 is 0. The third kappa shape index (κ3) is 4.98. The fraction of sp³-hybridized carbons (Fsp3) is 0.440. The van der Waals surface area contributed by atoms with Gasteiger partial charge in [-0.3, -0.25) is 4.79 Å². The van der Waals surface area contributed by atoms with Gasteiger partial charge >= 0.3 is 6.36 Å². The summed E-state index contributed by atoms with van der Waals surface area (Å²) in [5.74, 6) is 0.274. The maximum atomic E-state index is 12.5. The van der Waals surface area contributed by atoms with Gasteiger partial charge in [0.15, 0.2) is 0 Å². The number of hydrogen-bond acceptors (Lipinski definition) is 4. The number of carbonyl (C=O) groups is 1. The molecular formula is C25H29F3N4O2. The van der Waals surface area contributed by atoms with Crippen molar-refractivity contribution in [3.63, 3.8) is 0 Å². The molecule has 34 heavy (non-hydrogen) atoms. The first-order valence-electron chi connectivity index (χ1n) is 11.3. The summed E-state index contributed by atoms with van der Waals surface area (Å²) in [6, 6.07) is 9.30. The molecule has 0 radical (unpaired) electrons. The molecule has 0 saturated heterocycles. The molecule has 3 N–H and O–H groups in total. The number of alkyl halides is 3. The Morgan fingerprint density at radius 1 is 1.18 bits per heavy atom. The molecule has 1 aliphatic rings. The lowest BCUT2D eigenvalue weighted by Gasteiger charge is -2.40. The van der Waals surface area contributed by atoms with Crippen LogP contribution in [0.1, 0.15) is 62.0 Å². The van der Waals surface area contributed by atoms with Crippen molar-refractivity contribution in [2.24, 2.45) is 17.1 Å². The molecule has 1 saturated carbocycles. The maximum absolute atomic E-state index is 12.5. The summed E-state index contributed by atoms with van der Waals surface area (Å²) in [5, 5.41) is 3.27. The predicted molar refractivity (Wildman–Crippen MR) is 125 cm³/mol. The summed E-state index contributed by atoms with van der Waals surface area (Å²) in [7, 11) is 0. The van der Waals surface area contributed by atoms with E-state index in [1.165, 1.54) is 24.3 Å². The molecule has 2 aromatic carbocycles. The topological polar surface area (TPSA) is 82.2 Å². The Bertz CT molecular complexity index is 1220. The smallest absolute Gasteiger partial charge is 0.406 e. The van der Waals surface area contributed by atoms with Crippen molar-refractivity contribution in [1.29, 1.82) is 0 Å². The zero-order valence-electron chi connectivity index (χ0n) is 19.7. The number of nitrogens with two attached hydrogens (primary N) is 1. The van der Waals surface area contributed by atoms with Crippen LogP contribution in [0.3, 0.4) is 0 Å². The van der Waals surface area contributed by atoms with Crippen LogP contribution >= 0.6 is 0 Å². The average Bonchev–Trinajstić information content (AvgIpc) is 3.06. The highest BCUT2D eigenvalue weighted by atomic mass is 19.4. The first kappa shape index (κ1) is 23.9. The van der Waals surface area contributed by atoms with E-state index in [1.807, 2.05) is 13.0 Å². The first-order valence-corrected chi connectivity index (χ1v) is 11.3. The van der Waals surface area contributed by atoms with Crippen molar-refractivity contribution in [3.8, 4) is 5.75 Å². The molecule has 2 atom stereocenters. The average molecular weight is 475 g/mol. The number of halogens is 3. The van der Waals surface area contributed by atoms with Gasteiger partial charge in [0.05, 0.1) is 11.0 Å². The van der Waals surface area contributed by atoms with Gasteiger partial charge in [-0.15, -0.1) is 13.2 Å². The minimum atomic E-state index is -4.75. The van der Waals surface area contributed by atoms with Crippen molar-refractivity contribution in [1.82, 2.24) is 9.55 Å². The number of fused-ring (bicyclic) bond motifs is 1. The van der Waals surface area contributed by atoms with E-state index in [0.717, 1.165) is 24.8 Å². The molecular weight excluding hydrogens is 445 g/mol. The summed E-state index contributed by atoms with van der Waals surface area (Å²) < 4.78 is 43.6. The highest BCUT2D eigenvalue weighted by Gasteiger charge is 2.35. The molecule has 0 bridgehead atoms. The summed E-state index contributed by atoms with van der Waals surface area (Å²) in [5.41, 5.74) is 8.94. The van der Waals surface area contributed by atoms with E-state index in [0.29, 0.717) is 34.2 Å². The van der Waals surface area contributed by atoms with Crippen LogP contribution in [-0.2, 0) is 0 Å². The van der Waals surface area contributed by atoms with Crippen LogP contribution in [0.4, 0.5) is 24.8 Å². The summed E-state index contributed by atoms with van der Waals surface area (Å²) in [6.45, 7) is 8.59. The fourth-order valence-corrected chi connectivity index (χ4v) is 5.38. The minimum absolute atomic E-state index is 0.148. The van der Waals surface area contributed by atoms with Crippen molar-refractivity contribution >= 4 is 28.6 Å². The van der Waals surface area contributed by atoms with Crippen molar-refractivity contribution in [2.75, 3.05) is 5.32 Å². The number of hydrogen-bond donors (Lipinski definition) is 2. The molecule has 1 amide bonds. The fourth-order valence-electron chi connectivity index (χ4n) is 5.38. The summed E-state index contributed by atoms with van der Waals surface area (Å²) in [6.07, 6.45) is -1.70. The molecule has 0 unspecified atom stereocenters. The van der Waals surface area contributed by atoms with Crippen LogP contribution in [0.15, 0.2) is 36.4 Å². The molecule has 3 aromatic rings. The lowest BCUT2D eigenvalue weighted by molar-refractivity contribution is -0.274. The molecule has 1 aliphatic carbocycles. The van der Waals surface area contributed by atoms with Gasteiger partial charge in [-0.05, 0) is 79.5 Å². The Labute approximate surface area is 196 Å². The zero-order chi connectivity index (χ0) is 24.8. The van der Waals surface area contributed by atoms with E-state index < -0.39 is 12.3 Å². The number of nitrogens with zero attached hydrogens (tertiary/aromatic N) is 2. The third-order valence-electron chi connectivity index (χ3n) is 6.45. The first-order chi connectivity index (χ1) is 15.8. The molecule has 0 aliphatic heterocycles. The number of nitrogens with one attached hydrogen (secondary N) is 1. The van der Waals surface area contributed by atoms with Crippen LogP contribution in [0.5, 0.6) is 5.75 Å². The number of ether oxygens (including phenoxy) is 1. The molecule has 1 heterocycles. The number of anilines is 2. The molecule has 1 aromatic heterocycles. The Balaban J connectivity index is 1.78. The van der Waals surface area contributed by atoms with E-state index in [4.69, 9.17) is 10.7 Å². The zero-order valence-corrected chi connectivity index (χ0v) is 19.7. The third-order valence-corrected chi connectivity index (χ3v) is 6.45. The van der Waals surface area contributed by atoms with Crippen molar-refractivity contribution < 1.29 is 22.7 Å². The quantitative estimate of drug-likeness (QED) is 0.444. The van der Waals surface area contributed by atoms with Crippen LogP contribution in [-0.4, -0.2) is 21.8 Å². The van der Waals surface area contributed by atoms with Gasteiger partial charge in [-0.25, -0.2) is 4.98 Å². The molecule has 6 nitrogen and oxygen atoms in total. The van der Waals surface area contributed by atoms with Gasteiger partial charge in [0.2, 0.25) is 11.9 Å². The van der Waals surface area contributed by atoms with E-state index >= 15 is 0 Å². The SMILES string of the molecule is Cc1c(C(N)=O)ccc2c1nc(Nc1ccc(OC(F)(F)F)cc1)n2[C@@H]1C[C@@H](C)CC(C)(C)C1. The Morgan fingerprint density at radius 3 is 2.44 bits per heavy atom. The second kappa shape index (κ2) is 8.52. The maximum Gasteiger partial charge on any atom is 0.573 e. The second-order valence-corrected chi connectivity index (χ2v) is 10.0. The highest BCUT2D eigenvalue weighted by molar-refractivity contribution is 5.99. The minimum Gasteiger partial charge on any atom is -0.406 e. The molecule has 9 heteroatoms. The van der Waals surface area contributed by atoms with Gasteiger partial charge < -0.3 is 20.4 Å². The van der Waals surface area contributed by atoms with Gasteiger partial charge in [-0.1, -0.05) is 20.8 Å². The van der Waals surface area contributed by atoms with Gasteiger partial charge in [0, 0.05) is 17.3 Å². The van der Waals surface area contributed by atoms with Crippen LogP contribution in [0, 0.1) is 18.3 Å². The summed E-state index contributed by atoms with van der Waals surface area (Å²) in [4.78, 5) is 16.7. The standard InChI is InChI=1S/C25H29F3N4O2/c1-14-11-17(13-24(3,4)12-14)32-20-10-9-19(22(29)33)15(2)21(20)31-23(32)30-16-5-7-18(8-6-16)34-25(26,27)28/h5-10,14,17H,11-13H2,1-4H3,(H2,29,33)(H,30,31)/t14-,17-/m1/s1. The molecule has 182 valence electrons. The van der Waals surface area contributed by atoms with Gasteiger partial charge in [0.25, 0.3) is 0 Å². The largest absolute Gasteiger partial charge is 0.573 e. The number of primary amides is 1. The van der Waals surface area contributed by atoms with E-state index in [9.17, 15) is 18.0 Å². The Kier molecular flexibility index (Phi) is 5.99. The number of rotatable bonds is 5. The number of imidazole rings is 1. The van der Waals surface area contributed by atoms with Crippen LogP contribution in [0.2, 0.25) is 0 Å². The predicted octanol–water partition coefficient (Wildman–Crippen LogP) is 6.47. The van der Waals surface area contributed by atoms with E-state index in [1.54, 1.807) is 6.07 Å². The monoisotopic (exact) mass is 474 g/mol. The normalized spacial score (nSPS) is 20.3. The Morgan fingerprint density at radius 2 is 1.85 bits per heavy atom. The second-order valence-electron chi connectivity index (χ2n) is 10.0. The molecule has 4 rings (SSSR count). The number of aromatic nitrogens is 2. The lowest BCUT2D eigenvalue weighted by Crippen LogP contribution is -2.29.